The van der Waals surface area contributed by atoms with Gasteiger partial charge in [-0.25, -0.2) is 0 Å². The third-order valence-corrected chi connectivity index (χ3v) is 3.55. The number of ether oxygens (including phenoxy) is 1. The van der Waals surface area contributed by atoms with Gasteiger partial charge >= 0.3 is 5.97 Å². The molecule has 0 N–H and O–H groups in total. The Morgan fingerprint density at radius 1 is 1.10 bits per heavy atom. The Labute approximate surface area is 123 Å². The minimum absolute atomic E-state index is 0.0975. The third kappa shape index (κ3) is 6.89. The second-order valence-corrected chi connectivity index (χ2v) is 5.00. The number of hydrogen-bond acceptors (Lipinski definition) is 4. The van der Waals surface area contributed by atoms with E-state index in [9.17, 15) is 9.59 Å². The topological polar surface area (TPSA) is 49.9 Å². The van der Waals surface area contributed by atoms with Gasteiger partial charge in [-0.2, -0.15) is 0 Å². The molecule has 5 nitrogen and oxygen atoms in total. The summed E-state index contributed by atoms with van der Waals surface area (Å²) in [5.41, 5.74) is 0. The molecule has 1 atom stereocenters. The SMILES string of the molecule is CCC(=O)N(CCCN(CC)CC)CC(C)C(=O)OC. The fourth-order valence-electron chi connectivity index (χ4n) is 2.17. The molecule has 0 radical (unpaired) electrons. The second-order valence-electron chi connectivity index (χ2n) is 5.00. The molecule has 118 valence electrons. The molecule has 0 saturated carbocycles. The van der Waals surface area contributed by atoms with Crippen molar-refractivity contribution >= 4 is 11.9 Å². The fraction of sp³-hybridized carbons (Fsp3) is 0.867. The number of rotatable bonds is 10. The predicted octanol–water partition coefficient (Wildman–Crippen LogP) is 1.77. The van der Waals surface area contributed by atoms with Crippen molar-refractivity contribution in [3.63, 3.8) is 0 Å². The summed E-state index contributed by atoms with van der Waals surface area (Å²) >= 11 is 0. The monoisotopic (exact) mass is 286 g/mol. The Kier molecular flexibility index (Phi) is 10.1. The van der Waals surface area contributed by atoms with E-state index < -0.39 is 0 Å². The maximum Gasteiger partial charge on any atom is 0.310 e. The van der Waals surface area contributed by atoms with E-state index in [1.54, 1.807) is 11.8 Å². The summed E-state index contributed by atoms with van der Waals surface area (Å²) in [6, 6.07) is 0. The van der Waals surface area contributed by atoms with E-state index in [2.05, 4.69) is 18.7 Å². The zero-order chi connectivity index (χ0) is 15.5. The van der Waals surface area contributed by atoms with Crippen molar-refractivity contribution in [1.82, 2.24) is 9.80 Å². The van der Waals surface area contributed by atoms with Crippen molar-refractivity contribution in [3.8, 4) is 0 Å². The summed E-state index contributed by atoms with van der Waals surface area (Å²) in [4.78, 5) is 27.5. The minimum Gasteiger partial charge on any atom is -0.469 e. The van der Waals surface area contributed by atoms with Gasteiger partial charge in [0.25, 0.3) is 0 Å². The van der Waals surface area contributed by atoms with E-state index in [1.165, 1.54) is 7.11 Å². The first-order chi connectivity index (χ1) is 9.49. The number of nitrogens with zero attached hydrogens (tertiary/aromatic N) is 2. The second kappa shape index (κ2) is 10.7. The van der Waals surface area contributed by atoms with Crippen LogP contribution in [0.2, 0.25) is 0 Å². The third-order valence-electron chi connectivity index (χ3n) is 3.55. The molecular formula is C15H30N2O3. The van der Waals surface area contributed by atoms with E-state index >= 15 is 0 Å². The molecule has 20 heavy (non-hydrogen) atoms. The van der Waals surface area contributed by atoms with Crippen molar-refractivity contribution < 1.29 is 14.3 Å². The van der Waals surface area contributed by atoms with Crippen molar-refractivity contribution in [2.75, 3.05) is 39.8 Å². The molecule has 0 bridgehead atoms. The summed E-state index contributed by atoms with van der Waals surface area (Å²) in [6.07, 6.45) is 1.40. The zero-order valence-corrected chi connectivity index (χ0v) is 13.6. The lowest BCUT2D eigenvalue weighted by Gasteiger charge is -2.26. The van der Waals surface area contributed by atoms with E-state index in [1.807, 2.05) is 6.92 Å². The van der Waals surface area contributed by atoms with Crippen LogP contribution >= 0.6 is 0 Å². The molecule has 1 amide bonds. The predicted molar refractivity (Wildman–Crippen MR) is 80.5 cm³/mol. The Balaban J connectivity index is 4.36. The average molecular weight is 286 g/mol. The van der Waals surface area contributed by atoms with Gasteiger partial charge in [-0.1, -0.05) is 27.7 Å². The molecular weight excluding hydrogens is 256 g/mol. The summed E-state index contributed by atoms with van der Waals surface area (Å²) in [7, 11) is 1.38. The fourth-order valence-corrected chi connectivity index (χ4v) is 2.17. The van der Waals surface area contributed by atoms with Crippen LogP contribution in [0.5, 0.6) is 0 Å². The highest BCUT2D eigenvalue weighted by molar-refractivity contribution is 5.77. The lowest BCUT2D eigenvalue weighted by Crippen LogP contribution is -2.38. The van der Waals surface area contributed by atoms with Gasteiger partial charge in [0.15, 0.2) is 0 Å². The Morgan fingerprint density at radius 2 is 1.70 bits per heavy atom. The number of amides is 1. The number of hydrogen-bond donors (Lipinski definition) is 0. The quantitative estimate of drug-likeness (QED) is 0.574. The minimum atomic E-state index is -0.274. The largest absolute Gasteiger partial charge is 0.469 e. The lowest BCUT2D eigenvalue weighted by atomic mass is 10.1. The molecule has 0 aromatic rings. The van der Waals surface area contributed by atoms with Crippen molar-refractivity contribution in [1.29, 1.82) is 0 Å². The van der Waals surface area contributed by atoms with Crippen molar-refractivity contribution in [2.24, 2.45) is 5.92 Å². The van der Waals surface area contributed by atoms with Gasteiger partial charge in [0.2, 0.25) is 5.91 Å². The lowest BCUT2D eigenvalue weighted by molar-refractivity contribution is -0.146. The highest BCUT2D eigenvalue weighted by Gasteiger charge is 2.20. The summed E-state index contributed by atoms with van der Waals surface area (Å²) in [5, 5.41) is 0. The first-order valence-corrected chi connectivity index (χ1v) is 7.57. The van der Waals surface area contributed by atoms with Gasteiger partial charge in [0, 0.05) is 19.5 Å². The van der Waals surface area contributed by atoms with Gasteiger partial charge in [-0.3, -0.25) is 9.59 Å². The zero-order valence-electron chi connectivity index (χ0n) is 13.6. The van der Waals surface area contributed by atoms with Gasteiger partial charge in [0.05, 0.1) is 13.0 Å². The molecule has 0 aliphatic heterocycles. The standard InChI is InChI=1S/C15H30N2O3/c1-6-14(18)17(12-13(4)15(19)20-5)11-9-10-16(7-2)8-3/h13H,6-12H2,1-5H3. The van der Waals surface area contributed by atoms with E-state index in [-0.39, 0.29) is 17.8 Å². The molecule has 1 unspecified atom stereocenters. The first-order valence-electron chi connectivity index (χ1n) is 7.57. The molecule has 0 aliphatic rings. The number of esters is 1. The molecule has 0 spiro atoms. The number of methoxy groups -OCH3 is 1. The van der Waals surface area contributed by atoms with Crippen LogP contribution in [-0.4, -0.2) is 61.5 Å². The van der Waals surface area contributed by atoms with Crippen LogP contribution in [0.15, 0.2) is 0 Å². The van der Waals surface area contributed by atoms with Gasteiger partial charge in [-0.05, 0) is 26.1 Å². The smallest absolute Gasteiger partial charge is 0.310 e. The Hall–Kier alpha value is -1.10. The summed E-state index contributed by atoms with van der Waals surface area (Å²) in [5.74, 6) is -0.438. The number of carbonyl (C=O) groups excluding carboxylic acids is 2. The van der Waals surface area contributed by atoms with Crippen LogP contribution in [0.1, 0.15) is 40.5 Å². The van der Waals surface area contributed by atoms with E-state index in [0.717, 1.165) is 26.1 Å². The van der Waals surface area contributed by atoms with Gasteiger partial charge < -0.3 is 14.5 Å². The molecule has 0 aromatic carbocycles. The van der Waals surface area contributed by atoms with Crippen LogP contribution in [-0.2, 0) is 14.3 Å². The van der Waals surface area contributed by atoms with E-state index in [0.29, 0.717) is 19.5 Å². The first kappa shape index (κ1) is 18.9. The van der Waals surface area contributed by atoms with Gasteiger partial charge in [0.1, 0.15) is 0 Å². The highest BCUT2D eigenvalue weighted by Crippen LogP contribution is 2.06. The van der Waals surface area contributed by atoms with Crippen LogP contribution in [0.3, 0.4) is 0 Å². The molecule has 0 saturated heterocycles. The molecule has 0 rings (SSSR count). The van der Waals surface area contributed by atoms with Crippen molar-refractivity contribution in [3.05, 3.63) is 0 Å². The normalized spacial score (nSPS) is 12.3. The highest BCUT2D eigenvalue weighted by atomic mass is 16.5. The Bertz CT molecular complexity index is 291. The number of carbonyl (C=O) groups is 2. The molecule has 0 fully saturated rings. The molecule has 0 aliphatic carbocycles. The van der Waals surface area contributed by atoms with Gasteiger partial charge in [-0.15, -0.1) is 0 Å². The maximum absolute atomic E-state index is 11.9. The van der Waals surface area contributed by atoms with Crippen LogP contribution in [0, 0.1) is 5.92 Å². The molecule has 5 heteroatoms. The molecule has 0 heterocycles. The van der Waals surface area contributed by atoms with Crippen LogP contribution in [0.4, 0.5) is 0 Å². The Morgan fingerprint density at radius 3 is 2.15 bits per heavy atom. The van der Waals surface area contributed by atoms with Crippen LogP contribution < -0.4 is 0 Å². The summed E-state index contributed by atoms with van der Waals surface area (Å²) < 4.78 is 4.72. The average Bonchev–Trinajstić information content (AvgIpc) is 2.48. The van der Waals surface area contributed by atoms with Crippen LogP contribution in [0.25, 0.3) is 0 Å². The van der Waals surface area contributed by atoms with E-state index in [4.69, 9.17) is 4.74 Å². The summed E-state index contributed by atoms with van der Waals surface area (Å²) in [6.45, 7) is 12.1. The maximum atomic E-state index is 11.9. The van der Waals surface area contributed by atoms with Crippen molar-refractivity contribution in [2.45, 2.75) is 40.5 Å². The molecule has 0 aromatic heterocycles.